The summed E-state index contributed by atoms with van der Waals surface area (Å²) < 4.78 is 48.2. The molecule has 0 atom stereocenters. The van der Waals surface area contributed by atoms with E-state index in [1.165, 1.54) is 38.4 Å². The first-order chi connectivity index (χ1) is 12.0. The van der Waals surface area contributed by atoms with E-state index in [0.717, 1.165) is 10.6 Å². The lowest BCUT2D eigenvalue weighted by molar-refractivity contribution is 0.102. The fourth-order valence-corrected chi connectivity index (χ4v) is 3.99. The molecule has 0 heterocycles. The van der Waals surface area contributed by atoms with Gasteiger partial charge in [0.1, 0.15) is 0 Å². The van der Waals surface area contributed by atoms with Crippen LogP contribution in [0.25, 0.3) is 0 Å². The average Bonchev–Trinajstić information content (AvgIpc) is 2.53. The van der Waals surface area contributed by atoms with Gasteiger partial charge in [0, 0.05) is 31.6 Å². The van der Waals surface area contributed by atoms with Gasteiger partial charge in [-0.2, -0.15) is 0 Å². The molecule has 0 saturated carbocycles. The first-order valence-electron chi connectivity index (χ1n) is 7.60. The number of sulfonamides is 1. The maximum atomic E-state index is 12.4. The third kappa shape index (κ3) is 5.13. The van der Waals surface area contributed by atoms with Crippen LogP contribution in [0.3, 0.4) is 0 Å². The molecule has 0 aliphatic heterocycles. The number of hydrogen-bond donors (Lipinski definition) is 1. The second-order valence-electron chi connectivity index (χ2n) is 6.04. The molecule has 7 nitrogen and oxygen atoms in total. The van der Waals surface area contributed by atoms with E-state index in [4.69, 9.17) is 0 Å². The molecule has 2 rings (SSSR count). The minimum absolute atomic E-state index is 0.0612. The number of anilines is 1. The Balaban J connectivity index is 2.25. The van der Waals surface area contributed by atoms with Gasteiger partial charge < -0.3 is 5.32 Å². The van der Waals surface area contributed by atoms with E-state index < -0.39 is 25.8 Å². The fraction of sp³-hybridized carbons (Fsp3) is 0.235. The average molecular weight is 396 g/mol. The Morgan fingerprint density at radius 3 is 2.27 bits per heavy atom. The maximum absolute atomic E-state index is 12.4. The molecule has 0 aliphatic carbocycles. The van der Waals surface area contributed by atoms with E-state index in [2.05, 4.69) is 5.32 Å². The molecule has 26 heavy (non-hydrogen) atoms. The molecule has 140 valence electrons. The summed E-state index contributed by atoms with van der Waals surface area (Å²) in [5.74, 6) is -0.621. The molecule has 0 unspecified atom stereocenters. The molecule has 0 radical (unpaired) electrons. The molecule has 0 saturated heterocycles. The molecule has 1 amide bonds. The number of amides is 1. The van der Waals surface area contributed by atoms with Gasteiger partial charge in [0.05, 0.1) is 10.6 Å². The molecule has 2 aromatic rings. The van der Waals surface area contributed by atoms with Crippen molar-refractivity contribution in [2.75, 3.05) is 25.7 Å². The van der Waals surface area contributed by atoms with Gasteiger partial charge >= 0.3 is 0 Å². The second-order valence-corrected chi connectivity index (χ2v) is 10.3. The Kier molecular flexibility index (Phi) is 5.84. The molecule has 2 aromatic carbocycles. The van der Waals surface area contributed by atoms with Crippen LogP contribution in [0.2, 0.25) is 0 Å². The summed E-state index contributed by atoms with van der Waals surface area (Å²) in [5.41, 5.74) is 1.11. The van der Waals surface area contributed by atoms with Gasteiger partial charge in [-0.05, 0) is 35.9 Å². The number of carbonyl (C=O) groups excluding carboxylic acids is 1. The molecule has 0 fully saturated rings. The van der Waals surface area contributed by atoms with Crippen molar-refractivity contribution in [2.45, 2.75) is 10.6 Å². The van der Waals surface area contributed by atoms with Crippen LogP contribution in [0.5, 0.6) is 0 Å². The zero-order valence-electron chi connectivity index (χ0n) is 14.6. The van der Waals surface area contributed by atoms with E-state index in [9.17, 15) is 21.6 Å². The molecule has 9 heteroatoms. The zero-order valence-corrected chi connectivity index (χ0v) is 16.3. The first-order valence-corrected chi connectivity index (χ1v) is 11.1. The highest BCUT2D eigenvalue weighted by atomic mass is 32.2. The molecule has 1 N–H and O–H groups in total. The summed E-state index contributed by atoms with van der Waals surface area (Å²) in [6.45, 7) is 0. The SMILES string of the molecule is CN(C)S(=O)(=O)c1cccc(NC(=O)c2cccc(CS(C)(=O)=O)c2)c1. The molecular formula is C17H20N2O5S2. The summed E-state index contributed by atoms with van der Waals surface area (Å²) >= 11 is 0. The van der Waals surface area contributed by atoms with Crippen LogP contribution >= 0.6 is 0 Å². The van der Waals surface area contributed by atoms with Crippen LogP contribution in [0, 0.1) is 0 Å². The van der Waals surface area contributed by atoms with Crippen molar-refractivity contribution in [3.8, 4) is 0 Å². The molecule has 0 bridgehead atoms. The Labute approximate surface area is 153 Å². The number of sulfone groups is 1. The number of rotatable bonds is 6. The van der Waals surface area contributed by atoms with Crippen molar-refractivity contribution in [3.05, 3.63) is 59.7 Å². The Bertz CT molecular complexity index is 1030. The van der Waals surface area contributed by atoms with E-state index in [-0.39, 0.29) is 16.2 Å². The second kappa shape index (κ2) is 7.56. The van der Waals surface area contributed by atoms with Gasteiger partial charge in [-0.15, -0.1) is 0 Å². The van der Waals surface area contributed by atoms with Gasteiger partial charge in [0.2, 0.25) is 10.0 Å². The monoisotopic (exact) mass is 396 g/mol. The van der Waals surface area contributed by atoms with E-state index in [1.54, 1.807) is 24.3 Å². The quantitative estimate of drug-likeness (QED) is 0.801. The molecule has 0 spiro atoms. The van der Waals surface area contributed by atoms with Crippen molar-refractivity contribution < 1.29 is 21.6 Å². The van der Waals surface area contributed by atoms with Gasteiger partial charge in [-0.25, -0.2) is 21.1 Å². The highest BCUT2D eigenvalue weighted by molar-refractivity contribution is 7.90. The molecule has 0 aromatic heterocycles. The third-order valence-electron chi connectivity index (χ3n) is 3.49. The van der Waals surface area contributed by atoms with Crippen molar-refractivity contribution in [3.63, 3.8) is 0 Å². The van der Waals surface area contributed by atoms with E-state index in [0.29, 0.717) is 11.3 Å². The number of benzene rings is 2. The lowest BCUT2D eigenvalue weighted by atomic mass is 10.1. The summed E-state index contributed by atoms with van der Waals surface area (Å²) in [6, 6.07) is 12.2. The largest absolute Gasteiger partial charge is 0.322 e. The van der Waals surface area contributed by atoms with Gasteiger partial charge in [0.15, 0.2) is 9.84 Å². The minimum atomic E-state index is -3.61. The number of nitrogens with zero attached hydrogens (tertiary/aromatic N) is 1. The highest BCUT2D eigenvalue weighted by Gasteiger charge is 2.18. The predicted molar refractivity (Wildman–Crippen MR) is 100 cm³/mol. The smallest absolute Gasteiger partial charge is 0.255 e. The zero-order chi connectivity index (χ0) is 19.5. The Morgan fingerprint density at radius 1 is 1.00 bits per heavy atom. The molecule has 0 aliphatic rings. The van der Waals surface area contributed by atoms with Crippen LogP contribution in [-0.2, 0) is 25.6 Å². The van der Waals surface area contributed by atoms with Crippen LogP contribution < -0.4 is 5.32 Å². The maximum Gasteiger partial charge on any atom is 0.255 e. The number of carbonyl (C=O) groups is 1. The van der Waals surface area contributed by atoms with E-state index in [1.807, 2.05) is 0 Å². The van der Waals surface area contributed by atoms with Gasteiger partial charge in [-0.1, -0.05) is 18.2 Å². The Morgan fingerprint density at radius 2 is 1.65 bits per heavy atom. The minimum Gasteiger partial charge on any atom is -0.322 e. The molecular weight excluding hydrogens is 376 g/mol. The van der Waals surface area contributed by atoms with E-state index >= 15 is 0 Å². The van der Waals surface area contributed by atoms with Crippen molar-refractivity contribution >= 4 is 31.5 Å². The Hall–Kier alpha value is -2.23. The summed E-state index contributed by atoms with van der Waals surface area (Å²) in [6.07, 6.45) is 1.12. The summed E-state index contributed by atoms with van der Waals surface area (Å²) in [5, 5.41) is 2.63. The topological polar surface area (TPSA) is 101 Å². The summed E-state index contributed by atoms with van der Waals surface area (Å²) in [7, 11) is -3.97. The lowest BCUT2D eigenvalue weighted by Gasteiger charge is -2.13. The normalized spacial score (nSPS) is 12.2. The summed E-state index contributed by atoms with van der Waals surface area (Å²) in [4.78, 5) is 12.5. The van der Waals surface area contributed by atoms with Crippen LogP contribution in [-0.4, -0.2) is 47.4 Å². The highest BCUT2D eigenvalue weighted by Crippen LogP contribution is 2.19. The number of nitrogens with one attached hydrogen (secondary N) is 1. The van der Waals surface area contributed by atoms with Crippen LogP contribution in [0.1, 0.15) is 15.9 Å². The number of hydrogen-bond acceptors (Lipinski definition) is 5. The standard InChI is InChI=1S/C17H20N2O5S2/c1-19(2)26(23,24)16-9-5-8-15(11-16)18-17(20)14-7-4-6-13(10-14)12-25(3,21)22/h4-11H,12H2,1-3H3,(H,18,20). The predicted octanol–water partition coefficient (Wildman–Crippen LogP) is 1.73. The van der Waals surface area contributed by atoms with Crippen molar-refractivity contribution in [1.82, 2.24) is 4.31 Å². The first kappa shape index (κ1) is 20.1. The lowest BCUT2D eigenvalue weighted by Crippen LogP contribution is -2.22. The fourth-order valence-electron chi connectivity index (χ4n) is 2.25. The van der Waals surface area contributed by atoms with Crippen LogP contribution in [0.15, 0.2) is 53.4 Å². The third-order valence-corrected chi connectivity index (χ3v) is 6.16. The van der Waals surface area contributed by atoms with Gasteiger partial charge in [0.25, 0.3) is 5.91 Å². The van der Waals surface area contributed by atoms with Crippen molar-refractivity contribution in [2.24, 2.45) is 0 Å². The van der Waals surface area contributed by atoms with Crippen LogP contribution in [0.4, 0.5) is 5.69 Å². The van der Waals surface area contributed by atoms with Gasteiger partial charge in [-0.3, -0.25) is 4.79 Å². The van der Waals surface area contributed by atoms with Crippen molar-refractivity contribution in [1.29, 1.82) is 0 Å².